The van der Waals surface area contributed by atoms with Gasteiger partial charge in [0.2, 0.25) is 0 Å². The molecule has 1 aliphatic rings. The fourth-order valence-corrected chi connectivity index (χ4v) is 2.29. The van der Waals surface area contributed by atoms with Crippen molar-refractivity contribution in [3.05, 3.63) is 23.9 Å². The van der Waals surface area contributed by atoms with Gasteiger partial charge in [0.25, 0.3) is 0 Å². The van der Waals surface area contributed by atoms with Crippen molar-refractivity contribution >= 4 is 5.82 Å². The van der Waals surface area contributed by atoms with Gasteiger partial charge in [-0.25, -0.2) is 4.98 Å². The molecule has 0 aromatic carbocycles. The molecule has 0 aliphatic carbocycles. The van der Waals surface area contributed by atoms with E-state index < -0.39 is 0 Å². The number of pyridine rings is 1. The van der Waals surface area contributed by atoms with Gasteiger partial charge in [-0.1, -0.05) is 0 Å². The van der Waals surface area contributed by atoms with Crippen LogP contribution in [0.3, 0.4) is 0 Å². The number of anilines is 1. The summed E-state index contributed by atoms with van der Waals surface area (Å²) in [6.07, 6.45) is 1.85. The van der Waals surface area contributed by atoms with E-state index in [9.17, 15) is 0 Å². The van der Waals surface area contributed by atoms with E-state index in [2.05, 4.69) is 36.7 Å². The van der Waals surface area contributed by atoms with E-state index in [4.69, 9.17) is 10.00 Å². The zero-order valence-corrected chi connectivity index (χ0v) is 10.5. The van der Waals surface area contributed by atoms with Crippen molar-refractivity contribution in [3.8, 4) is 6.07 Å². The summed E-state index contributed by atoms with van der Waals surface area (Å²) < 4.78 is 5.85. The van der Waals surface area contributed by atoms with E-state index in [-0.39, 0.29) is 11.7 Å². The number of aromatic nitrogens is 1. The Morgan fingerprint density at radius 2 is 2.35 bits per heavy atom. The normalized spacial score (nSPS) is 23.2. The van der Waals surface area contributed by atoms with Crippen LogP contribution in [-0.4, -0.2) is 29.8 Å². The van der Waals surface area contributed by atoms with Crippen LogP contribution >= 0.6 is 0 Å². The molecule has 1 fully saturated rings. The van der Waals surface area contributed by atoms with Crippen LogP contribution in [0.1, 0.15) is 26.3 Å². The summed E-state index contributed by atoms with van der Waals surface area (Å²) in [7, 11) is 0. The second-order valence-electron chi connectivity index (χ2n) is 5.08. The largest absolute Gasteiger partial charge is 0.369 e. The molecule has 1 atom stereocenters. The van der Waals surface area contributed by atoms with E-state index in [0.29, 0.717) is 5.56 Å². The molecule has 4 heteroatoms. The van der Waals surface area contributed by atoms with Gasteiger partial charge in [0, 0.05) is 19.3 Å². The average molecular weight is 231 g/mol. The SMILES string of the molecule is CC1CN(c2cc(C#N)ccn2)CC(C)(C)O1. The van der Waals surface area contributed by atoms with Gasteiger partial charge in [0.15, 0.2) is 0 Å². The van der Waals surface area contributed by atoms with E-state index in [1.807, 2.05) is 6.07 Å². The predicted octanol–water partition coefficient (Wildman–Crippen LogP) is 1.96. The smallest absolute Gasteiger partial charge is 0.129 e. The molecule has 0 saturated carbocycles. The lowest BCUT2D eigenvalue weighted by molar-refractivity contribution is -0.0751. The highest BCUT2D eigenvalue weighted by molar-refractivity contribution is 5.45. The van der Waals surface area contributed by atoms with Gasteiger partial charge in [-0.3, -0.25) is 0 Å². The quantitative estimate of drug-likeness (QED) is 0.741. The van der Waals surface area contributed by atoms with E-state index in [1.54, 1.807) is 12.3 Å². The van der Waals surface area contributed by atoms with Gasteiger partial charge in [0.05, 0.1) is 23.3 Å². The van der Waals surface area contributed by atoms with Crippen LogP contribution in [0.2, 0.25) is 0 Å². The van der Waals surface area contributed by atoms with E-state index >= 15 is 0 Å². The Morgan fingerprint density at radius 1 is 1.59 bits per heavy atom. The zero-order chi connectivity index (χ0) is 12.5. The first kappa shape index (κ1) is 11.9. The number of hydrogen-bond donors (Lipinski definition) is 0. The minimum Gasteiger partial charge on any atom is -0.369 e. The monoisotopic (exact) mass is 231 g/mol. The number of nitrogens with zero attached hydrogens (tertiary/aromatic N) is 3. The molecule has 0 spiro atoms. The first-order chi connectivity index (χ1) is 8.00. The van der Waals surface area contributed by atoms with Gasteiger partial charge in [-0.15, -0.1) is 0 Å². The predicted molar refractivity (Wildman–Crippen MR) is 65.8 cm³/mol. The lowest BCUT2D eigenvalue weighted by Gasteiger charge is -2.42. The molecule has 1 saturated heterocycles. The lowest BCUT2D eigenvalue weighted by atomic mass is 10.1. The van der Waals surface area contributed by atoms with Crippen LogP contribution in [0.25, 0.3) is 0 Å². The molecule has 1 aromatic rings. The van der Waals surface area contributed by atoms with E-state index in [0.717, 1.165) is 18.9 Å². The topological polar surface area (TPSA) is 49.2 Å². The van der Waals surface area contributed by atoms with Crippen LogP contribution in [0, 0.1) is 11.3 Å². The summed E-state index contributed by atoms with van der Waals surface area (Å²) in [6.45, 7) is 7.81. The highest BCUT2D eigenvalue weighted by atomic mass is 16.5. The molecular formula is C13H17N3O. The van der Waals surface area contributed by atoms with Crippen LogP contribution in [0.15, 0.2) is 18.3 Å². The van der Waals surface area contributed by atoms with Crippen molar-refractivity contribution in [2.75, 3.05) is 18.0 Å². The Balaban J connectivity index is 2.24. The fourth-order valence-electron chi connectivity index (χ4n) is 2.29. The third-order valence-corrected chi connectivity index (χ3v) is 2.77. The Bertz CT molecular complexity index is 450. The number of morpholine rings is 1. The van der Waals surface area contributed by atoms with Gasteiger partial charge < -0.3 is 9.64 Å². The number of hydrogen-bond acceptors (Lipinski definition) is 4. The third-order valence-electron chi connectivity index (χ3n) is 2.77. The molecule has 2 rings (SSSR count). The van der Waals surface area contributed by atoms with Crippen LogP contribution in [0.4, 0.5) is 5.82 Å². The lowest BCUT2D eigenvalue weighted by Crippen LogP contribution is -2.52. The van der Waals surface area contributed by atoms with Gasteiger partial charge >= 0.3 is 0 Å². The van der Waals surface area contributed by atoms with E-state index in [1.165, 1.54) is 0 Å². The first-order valence-electron chi connectivity index (χ1n) is 5.79. The van der Waals surface area contributed by atoms with Crippen molar-refractivity contribution in [3.63, 3.8) is 0 Å². The molecule has 0 N–H and O–H groups in total. The molecule has 0 bridgehead atoms. The first-order valence-corrected chi connectivity index (χ1v) is 5.79. The second kappa shape index (κ2) is 4.34. The Kier molecular flexibility index (Phi) is 3.03. The molecule has 1 unspecified atom stereocenters. The summed E-state index contributed by atoms with van der Waals surface area (Å²) in [5.74, 6) is 0.854. The summed E-state index contributed by atoms with van der Waals surface area (Å²) in [6, 6.07) is 5.69. The molecule has 90 valence electrons. The Morgan fingerprint density at radius 3 is 3.00 bits per heavy atom. The second-order valence-corrected chi connectivity index (χ2v) is 5.08. The van der Waals surface area contributed by atoms with Crippen molar-refractivity contribution < 1.29 is 4.74 Å². The average Bonchev–Trinajstić information content (AvgIpc) is 2.26. The standard InChI is InChI=1S/C13H17N3O/c1-10-8-16(9-13(2,3)17-10)12-6-11(7-14)4-5-15-12/h4-6,10H,8-9H2,1-3H3. The number of ether oxygens (including phenoxy) is 1. The minimum atomic E-state index is -0.179. The van der Waals surface area contributed by atoms with Crippen molar-refractivity contribution in [1.29, 1.82) is 5.26 Å². The molecule has 2 heterocycles. The van der Waals surface area contributed by atoms with Crippen LogP contribution in [-0.2, 0) is 4.74 Å². The molecule has 1 aromatic heterocycles. The van der Waals surface area contributed by atoms with Crippen LogP contribution in [0.5, 0.6) is 0 Å². The molecular weight excluding hydrogens is 214 g/mol. The van der Waals surface area contributed by atoms with Gasteiger partial charge in [-0.05, 0) is 32.9 Å². The summed E-state index contributed by atoms with van der Waals surface area (Å²) >= 11 is 0. The number of nitriles is 1. The molecule has 4 nitrogen and oxygen atoms in total. The van der Waals surface area contributed by atoms with Crippen molar-refractivity contribution in [2.45, 2.75) is 32.5 Å². The summed E-state index contributed by atoms with van der Waals surface area (Å²) in [5, 5.41) is 8.89. The summed E-state index contributed by atoms with van der Waals surface area (Å²) in [4.78, 5) is 6.51. The molecule has 17 heavy (non-hydrogen) atoms. The van der Waals surface area contributed by atoms with Crippen molar-refractivity contribution in [1.82, 2.24) is 4.98 Å². The number of rotatable bonds is 1. The molecule has 1 aliphatic heterocycles. The van der Waals surface area contributed by atoms with Crippen LogP contribution < -0.4 is 4.90 Å². The Labute approximate surface area is 102 Å². The van der Waals surface area contributed by atoms with Crippen molar-refractivity contribution in [2.24, 2.45) is 0 Å². The fraction of sp³-hybridized carbons (Fsp3) is 0.538. The zero-order valence-electron chi connectivity index (χ0n) is 10.5. The van der Waals surface area contributed by atoms with Gasteiger partial charge in [-0.2, -0.15) is 5.26 Å². The minimum absolute atomic E-state index is 0.172. The maximum absolute atomic E-state index is 8.89. The maximum Gasteiger partial charge on any atom is 0.129 e. The van der Waals surface area contributed by atoms with Gasteiger partial charge in [0.1, 0.15) is 5.82 Å². The highest BCUT2D eigenvalue weighted by Gasteiger charge is 2.31. The molecule has 0 amide bonds. The summed E-state index contributed by atoms with van der Waals surface area (Å²) in [5.41, 5.74) is 0.467. The highest BCUT2D eigenvalue weighted by Crippen LogP contribution is 2.24. The maximum atomic E-state index is 8.89. The third kappa shape index (κ3) is 2.75. The Hall–Kier alpha value is -1.60. The molecule has 0 radical (unpaired) electrons.